The molecule has 1 unspecified atom stereocenters. The van der Waals surface area contributed by atoms with Crippen LogP contribution in [0.1, 0.15) is 37.9 Å². The molecule has 0 aliphatic rings. The summed E-state index contributed by atoms with van der Waals surface area (Å²) in [6, 6.07) is 3.04. The Kier molecular flexibility index (Phi) is 7.51. The molecule has 0 radical (unpaired) electrons. The smallest absolute Gasteiger partial charge is 0.293 e. The van der Waals surface area contributed by atoms with Gasteiger partial charge in [0.25, 0.3) is 5.92 Å². The van der Waals surface area contributed by atoms with Crippen molar-refractivity contribution in [1.29, 1.82) is 5.41 Å². The van der Waals surface area contributed by atoms with Gasteiger partial charge in [-0.25, -0.2) is 0 Å². The topological polar surface area (TPSA) is 49.1 Å². The number of nitrogens with zero attached hydrogens (tertiary/aromatic N) is 2. The zero-order valence-corrected chi connectivity index (χ0v) is 14.3. The van der Waals surface area contributed by atoms with Crippen LogP contribution in [-0.4, -0.2) is 21.9 Å². The van der Waals surface area contributed by atoms with Crippen molar-refractivity contribution in [3.05, 3.63) is 41.7 Å². The number of halogens is 3. The van der Waals surface area contributed by atoms with Crippen LogP contribution >= 0.6 is 15.9 Å². The van der Waals surface area contributed by atoms with Gasteiger partial charge in [-0.1, -0.05) is 6.08 Å². The van der Waals surface area contributed by atoms with E-state index >= 15 is 0 Å². The summed E-state index contributed by atoms with van der Waals surface area (Å²) < 4.78 is 28.1. The predicted octanol–water partition coefficient (Wildman–Crippen LogP) is 4.90. The lowest BCUT2D eigenvalue weighted by molar-refractivity contribution is 0.0516. The summed E-state index contributed by atoms with van der Waals surface area (Å²) in [5.74, 6) is -2.99. The molecule has 1 rings (SSSR count). The second-order valence-corrected chi connectivity index (χ2v) is 6.07. The molecule has 0 aromatic carbocycles. The van der Waals surface area contributed by atoms with E-state index in [0.717, 1.165) is 22.8 Å². The maximum atomic E-state index is 13.7. The quantitative estimate of drug-likeness (QED) is 0.512. The molecule has 1 aromatic rings. The van der Waals surface area contributed by atoms with Crippen molar-refractivity contribution in [2.24, 2.45) is 4.99 Å². The lowest BCUT2D eigenvalue weighted by Gasteiger charge is -2.13. The first-order valence-corrected chi connectivity index (χ1v) is 7.84. The minimum atomic E-state index is -2.99. The lowest BCUT2D eigenvalue weighted by atomic mass is 10.1. The minimum Gasteiger partial charge on any atom is -0.313 e. The first-order valence-electron chi connectivity index (χ1n) is 7.05. The van der Waals surface area contributed by atoms with Gasteiger partial charge in [-0.3, -0.25) is 9.98 Å². The summed E-state index contributed by atoms with van der Waals surface area (Å²) in [6.07, 6.45) is 6.65. The summed E-state index contributed by atoms with van der Waals surface area (Å²) in [4.78, 5) is 8.50. The van der Waals surface area contributed by atoms with E-state index in [4.69, 9.17) is 5.41 Å². The molecular formula is C16H20BrF2N3. The zero-order chi connectivity index (χ0) is 16.6. The maximum absolute atomic E-state index is 13.7. The van der Waals surface area contributed by atoms with Gasteiger partial charge in [-0.15, -0.1) is 0 Å². The van der Waals surface area contributed by atoms with E-state index in [1.54, 1.807) is 13.0 Å². The predicted molar refractivity (Wildman–Crippen MR) is 90.5 cm³/mol. The molecule has 0 fully saturated rings. The Balaban J connectivity index is 2.71. The minimum absolute atomic E-state index is 0.00261. The van der Waals surface area contributed by atoms with E-state index in [1.807, 2.05) is 6.92 Å². The molecule has 1 N–H and O–H groups in total. The van der Waals surface area contributed by atoms with Crippen molar-refractivity contribution < 1.29 is 8.78 Å². The summed E-state index contributed by atoms with van der Waals surface area (Å²) in [5, 5.41) is 7.18. The van der Waals surface area contributed by atoms with Gasteiger partial charge in [0.1, 0.15) is 0 Å². The summed E-state index contributed by atoms with van der Waals surface area (Å²) in [7, 11) is 0. The first kappa shape index (κ1) is 18.6. The van der Waals surface area contributed by atoms with Gasteiger partial charge in [-0.2, -0.15) is 8.78 Å². The number of aliphatic imine (C=N–C) groups is 1. The monoisotopic (exact) mass is 371 g/mol. The van der Waals surface area contributed by atoms with Crippen molar-refractivity contribution in [1.82, 2.24) is 4.98 Å². The fraction of sp³-hybridized carbons (Fsp3) is 0.438. The number of pyridine rings is 1. The molecule has 0 saturated carbocycles. The summed E-state index contributed by atoms with van der Waals surface area (Å²) in [6.45, 7) is 3.40. The number of aromatic nitrogens is 1. The van der Waals surface area contributed by atoms with E-state index in [-0.39, 0.29) is 11.6 Å². The second kappa shape index (κ2) is 8.88. The van der Waals surface area contributed by atoms with Gasteiger partial charge in [0.15, 0.2) is 0 Å². The van der Waals surface area contributed by atoms with E-state index in [0.29, 0.717) is 12.8 Å². The Labute approximate surface area is 138 Å². The molecule has 0 amide bonds. The van der Waals surface area contributed by atoms with Crippen LogP contribution in [0.3, 0.4) is 0 Å². The molecule has 1 aromatic heterocycles. The van der Waals surface area contributed by atoms with Gasteiger partial charge >= 0.3 is 0 Å². The van der Waals surface area contributed by atoms with Gasteiger partial charge in [0.2, 0.25) is 0 Å². The van der Waals surface area contributed by atoms with E-state index in [9.17, 15) is 8.78 Å². The second-order valence-electron chi connectivity index (χ2n) is 4.92. The average molecular weight is 372 g/mol. The summed E-state index contributed by atoms with van der Waals surface area (Å²) in [5.41, 5.74) is 0.636. The van der Waals surface area contributed by atoms with Crippen molar-refractivity contribution in [3.63, 3.8) is 0 Å². The molecule has 0 bridgehead atoms. The van der Waals surface area contributed by atoms with Crippen molar-refractivity contribution >= 4 is 26.8 Å². The molecule has 3 nitrogen and oxygen atoms in total. The highest BCUT2D eigenvalue weighted by Gasteiger charge is 2.27. The van der Waals surface area contributed by atoms with E-state index in [2.05, 4.69) is 25.9 Å². The number of allylic oxidation sites excluding steroid dienone is 2. The van der Waals surface area contributed by atoms with Gasteiger partial charge in [-0.05, 0) is 67.0 Å². The van der Waals surface area contributed by atoms with Crippen LogP contribution in [0.5, 0.6) is 0 Å². The molecule has 6 heteroatoms. The molecule has 0 spiro atoms. The molecule has 0 aliphatic carbocycles. The Hall–Kier alpha value is -1.43. The largest absolute Gasteiger partial charge is 0.313 e. The van der Waals surface area contributed by atoms with Crippen molar-refractivity contribution in [2.45, 2.75) is 45.1 Å². The number of hydrogen-bond donors (Lipinski definition) is 1. The van der Waals surface area contributed by atoms with E-state index < -0.39 is 5.92 Å². The van der Waals surface area contributed by atoms with Crippen LogP contribution in [0, 0.1) is 5.41 Å². The molecule has 0 aliphatic heterocycles. The standard InChI is InChI=1S/C16H20BrF2N3/c1-3-9-16(18,19)13-4-5-14(21-11-13)6-7-15(8-10-20)22-12(2)17/h3-5,9-11,15,20H,6-8H2,1-2H3/b9-3+,20-10?,22-12?. The summed E-state index contributed by atoms with van der Waals surface area (Å²) >= 11 is 3.29. The third kappa shape index (κ3) is 6.13. The van der Waals surface area contributed by atoms with Crippen molar-refractivity contribution in [2.75, 3.05) is 0 Å². The molecule has 120 valence electrons. The van der Waals surface area contributed by atoms with E-state index in [1.165, 1.54) is 24.6 Å². The normalized spacial score (nSPS) is 14.3. The molecule has 22 heavy (non-hydrogen) atoms. The van der Waals surface area contributed by atoms with Gasteiger partial charge in [0, 0.05) is 23.9 Å². The molecular weight excluding hydrogens is 352 g/mol. The Morgan fingerprint density at radius 1 is 1.50 bits per heavy atom. The highest BCUT2D eigenvalue weighted by molar-refractivity contribution is 9.18. The Morgan fingerprint density at radius 2 is 2.23 bits per heavy atom. The van der Waals surface area contributed by atoms with Crippen molar-refractivity contribution in [3.8, 4) is 0 Å². The highest BCUT2D eigenvalue weighted by Crippen LogP contribution is 2.28. The fourth-order valence-electron chi connectivity index (χ4n) is 2.01. The van der Waals surface area contributed by atoms with Crippen LogP contribution in [0.15, 0.2) is 35.5 Å². The molecule has 0 saturated heterocycles. The van der Waals surface area contributed by atoms with Crippen LogP contribution in [-0.2, 0) is 12.3 Å². The SMILES string of the molecule is C/C=C/C(F)(F)c1ccc(CCC(CC=N)N=C(C)Br)nc1. The third-order valence-corrected chi connectivity index (χ3v) is 3.27. The molecule has 1 atom stereocenters. The maximum Gasteiger partial charge on any atom is 0.293 e. The third-order valence-electron chi connectivity index (χ3n) is 3.07. The molecule has 1 heterocycles. The number of nitrogens with one attached hydrogen (secondary N) is 1. The average Bonchev–Trinajstić information content (AvgIpc) is 2.45. The number of rotatable bonds is 8. The lowest BCUT2D eigenvalue weighted by Crippen LogP contribution is -2.11. The Morgan fingerprint density at radius 3 is 2.73 bits per heavy atom. The number of hydrogen-bond acceptors (Lipinski definition) is 3. The van der Waals surface area contributed by atoms with Crippen LogP contribution < -0.4 is 0 Å². The first-order chi connectivity index (χ1) is 10.4. The zero-order valence-electron chi connectivity index (χ0n) is 12.7. The highest BCUT2D eigenvalue weighted by atomic mass is 79.9. The van der Waals surface area contributed by atoms with Crippen LogP contribution in [0.4, 0.5) is 8.78 Å². The number of alkyl halides is 2. The van der Waals surface area contributed by atoms with Crippen LogP contribution in [0.2, 0.25) is 0 Å². The van der Waals surface area contributed by atoms with Crippen LogP contribution in [0.25, 0.3) is 0 Å². The fourth-order valence-corrected chi connectivity index (χ4v) is 2.30. The van der Waals surface area contributed by atoms with Gasteiger partial charge in [0.05, 0.1) is 10.7 Å². The Bertz CT molecular complexity index is 535. The van der Waals surface area contributed by atoms with Gasteiger partial charge < -0.3 is 5.41 Å². The number of aryl methyl sites for hydroxylation is 1.